The first-order chi connectivity index (χ1) is 15.1. The van der Waals surface area contributed by atoms with Crippen molar-refractivity contribution >= 4 is 41.5 Å². The molecule has 0 aliphatic carbocycles. The van der Waals surface area contributed by atoms with E-state index in [2.05, 4.69) is 16.0 Å². The van der Waals surface area contributed by atoms with Gasteiger partial charge in [0.2, 0.25) is 29.5 Å². The first-order valence-corrected chi connectivity index (χ1v) is 9.83. The third-order valence-corrected chi connectivity index (χ3v) is 4.31. The van der Waals surface area contributed by atoms with Crippen LogP contribution in [0.4, 0.5) is 0 Å². The van der Waals surface area contributed by atoms with E-state index in [-0.39, 0.29) is 6.42 Å². The van der Waals surface area contributed by atoms with Crippen LogP contribution in [-0.4, -0.2) is 75.9 Å². The number of amides is 5. The van der Waals surface area contributed by atoms with Gasteiger partial charge in [-0.05, 0) is 12.3 Å². The third-order valence-electron chi connectivity index (χ3n) is 4.31. The van der Waals surface area contributed by atoms with Crippen molar-refractivity contribution in [3.8, 4) is 0 Å². The minimum absolute atomic E-state index is 0.259. The van der Waals surface area contributed by atoms with Crippen molar-refractivity contribution in [2.75, 3.05) is 0 Å². The van der Waals surface area contributed by atoms with Gasteiger partial charge in [0.1, 0.15) is 18.1 Å². The number of carboxylic acid groups (broad SMARTS) is 2. The van der Waals surface area contributed by atoms with E-state index in [1.807, 2.05) is 0 Å². The summed E-state index contributed by atoms with van der Waals surface area (Å²) in [6.45, 7) is 3.04. The highest BCUT2D eigenvalue weighted by Gasteiger charge is 2.32. The van der Waals surface area contributed by atoms with Crippen molar-refractivity contribution in [2.24, 2.45) is 23.1 Å². The summed E-state index contributed by atoms with van der Waals surface area (Å²) >= 11 is 0. The molecule has 4 atom stereocenters. The second kappa shape index (κ2) is 13.6. The van der Waals surface area contributed by atoms with Gasteiger partial charge in [0.05, 0.1) is 18.9 Å². The molecule has 15 nitrogen and oxygen atoms in total. The average molecular weight is 474 g/mol. The first kappa shape index (κ1) is 29.2. The van der Waals surface area contributed by atoms with E-state index in [0.717, 1.165) is 0 Å². The fourth-order valence-electron chi connectivity index (χ4n) is 2.55. The Morgan fingerprint density at radius 1 is 0.758 bits per heavy atom. The van der Waals surface area contributed by atoms with Crippen LogP contribution in [-0.2, 0) is 33.6 Å². The van der Waals surface area contributed by atoms with Crippen molar-refractivity contribution in [2.45, 2.75) is 63.7 Å². The maximum atomic E-state index is 12.6. The monoisotopic (exact) mass is 474 g/mol. The Hall–Kier alpha value is -3.75. The van der Waals surface area contributed by atoms with E-state index >= 15 is 0 Å². The first-order valence-electron chi connectivity index (χ1n) is 9.83. The van der Waals surface area contributed by atoms with E-state index in [1.54, 1.807) is 0 Å². The Bertz CT molecular complexity index is 785. The minimum atomic E-state index is -1.62. The van der Waals surface area contributed by atoms with Crippen LogP contribution < -0.4 is 33.2 Å². The second-order valence-corrected chi connectivity index (χ2v) is 7.57. The highest BCUT2D eigenvalue weighted by atomic mass is 16.4. The molecule has 0 aromatic heterocycles. The summed E-state index contributed by atoms with van der Waals surface area (Å²) in [5.41, 5.74) is 15.8. The molecule has 5 amide bonds. The van der Waals surface area contributed by atoms with E-state index in [0.29, 0.717) is 0 Å². The number of hydrogen-bond donors (Lipinski definition) is 8. The lowest BCUT2D eigenvalue weighted by Gasteiger charge is -2.25. The molecule has 0 spiro atoms. The standard InChI is InChI=1S/C18H30N6O9/c1-7(2)14(18(32)33)24-17(31)10(6-12(21)26)23-16(30)9(5-11(20)25)22-15(29)8(19)3-4-13(27)28/h7-10,14H,3-6,19H2,1-2H3,(H2,20,25)(H2,21,26)(H,22,29)(H,23,30)(H,24,31)(H,27,28)(H,32,33). The van der Waals surface area contributed by atoms with Crippen LogP contribution in [0, 0.1) is 5.92 Å². The molecule has 15 heteroatoms. The Morgan fingerprint density at radius 2 is 1.18 bits per heavy atom. The number of nitrogens with one attached hydrogen (secondary N) is 3. The number of aliphatic carboxylic acids is 2. The van der Waals surface area contributed by atoms with Gasteiger partial charge in [-0.25, -0.2) is 4.79 Å². The molecule has 11 N–H and O–H groups in total. The number of hydrogen-bond acceptors (Lipinski definition) is 8. The van der Waals surface area contributed by atoms with Gasteiger partial charge in [-0.15, -0.1) is 0 Å². The molecule has 0 rings (SSSR count). The Kier molecular flexibility index (Phi) is 12.1. The predicted molar refractivity (Wildman–Crippen MR) is 111 cm³/mol. The molecule has 0 fully saturated rings. The molecule has 0 radical (unpaired) electrons. The normalized spacial score (nSPS) is 14.3. The zero-order chi connectivity index (χ0) is 25.9. The lowest BCUT2D eigenvalue weighted by molar-refractivity contribution is -0.144. The summed E-state index contributed by atoms with van der Waals surface area (Å²) in [6, 6.07) is -5.90. The summed E-state index contributed by atoms with van der Waals surface area (Å²) in [5, 5.41) is 24.3. The third kappa shape index (κ3) is 11.4. The lowest BCUT2D eigenvalue weighted by Crippen LogP contribution is -2.58. The molecule has 0 saturated heterocycles. The van der Waals surface area contributed by atoms with E-state index in [1.165, 1.54) is 13.8 Å². The van der Waals surface area contributed by atoms with Crippen LogP contribution in [0.2, 0.25) is 0 Å². The van der Waals surface area contributed by atoms with Crippen LogP contribution in [0.15, 0.2) is 0 Å². The summed E-state index contributed by atoms with van der Waals surface area (Å²) < 4.78 is 0. The molecule has 0 aliphatic heterocycles. The van der Waals surface area contributed by atoms with Crippen molar-refractivity contribution in [1.29, 1.82) is 0 Å². The predicted octanol–water partition coefficient (Wildman–Crippen LogP) is -3.88. The molecule has 0 aromatic carbocycles. The van der Waals surface area contributed by atoms with Gasteiger partial charge in [0, 0.05) is 6.42 Å². The van der Waals surface area contributed by atoms with Gasteiger partial charge in [-0.2, -0.15) is 0 Å². The number of rotatable bonds is 15. The molecule has 0 aromatic rings. The van der Waals surface area contributed by atoms with Gasteiger partial charge in [0.25, 0.3) is 0 Å². The summed E-state index contributed by atoms with van der Waals surface area (Å²) in [7, 11) is 0. The Morgan fingerprint density at radius 3 is 1.55 bits per heavy atom. The molecule has 33 heavy (non-hydrogen) atoms. The van der Waals surface area contributed by atoms with Crippen LogP contribution in [0.25, 0.3) is 0 Å². The van der Waals surface area contributed by atoms with Crippen LogP contribution in [0.1, 0.15) is 39.5 Å². The molecule has 186 valence electrons. The molecule has 0 bridgehead atoms. The Labute approximate surface area is 188 Å². The SMILES string of the molecule is CC(C)C(NC(=O)C(CC(N)=O)NC(=O)C(CC(N)=O)NC(=O)C(N)CCC(=O)O)C(=O)O. The zero-order valence-corrected chi connectivity index (χ0v) is 18.2. The number of carbonyl (C=O) groups excluding carboxylic acids is 5. The molecule has 0 saturated carbocycles. The largest absolute Gasteiger partial charge is 0.481 e. The number of nitrogens with two attached hydrogens (primary N) is 3. The fourth-order valence-corrected chi connectivity index (χ4v) is 2.55. The van der Waals surface area contributed by atoms with Crippen molar-refractivity contribution in [3.63, 3.8) is 0 Å². The van der Waals surface area contributed by atoms with Gasteiger partial charge >= 0.3 is 11.9 Å². The van der Waals surface area contributed by atoms with Gasteiger partial charge in [-0.3, -0.25) is 28.8 Å². The van der Waals surface area contributed by atoms with Crippen molar-refractivity contribution in [3.05, 3.63) is 0 Å². The van der Waals surface area contributed by atoms with E-state index in [9.17, 15) is 38.7 Å². The second-order valence-electron chi connectivity index (χ2n) is 7.57. The van der Waals surface area contributed by atoms with Crippen LogP contribution in [0.3, 0.4) is 0 Å². The van der Waals surface area contributed by atoms with Gasteiger partial charge in [-0.1, -0.05) is 13.8 Å². The van der Waals surface area contributed by atoms with Gasteiger partial charge < -0.3 is 43.4 Å². The van der Waals surface area contributed by atoms with Crippen molar-refractivity contribution < 1.29 is 43.8 Å². The molecule has 0 heterocycles. The zero-order valence-electron chi connectivity index (χ0n) is 18.2. The molecule has 0 aliphatic rings. The van der Waals surface area contributed by atoms with Gasteiger partial charge in [0.15, 0.2) is 0 Å². The Balaban J connectivity index is 5.51. The maximum absolute atomic E-state index is 12.6. The molecular formula is C18H30N6O9. The van der Waals surface area contributed by atoms with E-state index in [4.69, 9.17) is 22.3 Å². The quantitative estimate of drug-likeness (QED) is 0.114. The number of primary amides is 2. The number of carbonyl (C=O) groups is 7. The topological polar surface area (TPSA) is 274 Å². The summed E-state index contributed by atoms with van der Waals surface area (Å²) in [4.78, 5) is 81.9. The molecule has 4 unspecified atom stereocenters. The molecular weight excluding hydrogens is 444 g/mol. The maximum Gasteiger partial charge on any atom is 0.326 e. The van der Waals surface area contributed by atoms with E-state index < -0.39 is 90.8 Å². The van der Waals surface area contributed by atoms with Crippen LogP contribution >= 0.6 is 0 Å². The fraction of sp³-hybridized carbons (Fsp3) is 0.611. The van der Waals surface area contributed by atoms with Crippen molar-refractivity contribution in [1.82, 2.24) is 16.0 Å². The van der Waals surface area contributed by atoms with Crippen LogP contribution in [0.5, 0.6) is 0 Å². The highest BCUT2D eigenvalue weighted by Crippen LogP contribution is 2.05. The highest BCUT2D eigenvalue weighted by molar-refractivity contribution is 5.97. The summed E-state index contributed by atoms with van der Waals surface area (Å²) in [5.74, 6) is -8.20. The lowest BCUT2D eigenvalue weighted by atomic mass is 10.0. The summed E-state index contributed by atoms with van der Waals surface area (Å²) in [6.07, 6.45) is -2.11. The number of carboxylic acids is 2. The smallest absolute Gasteiger partial charge is 0.326 e. The average Bonchev–Trinajstić information content (AvgIpc) is 2.67. The minimum Gasteiger partial charge on any atom is -0.481 e.